The van der Waals surface area contributed by atoms with Crippen LogP contribution in [0, 0.1) is 0 Å². The molecular weight excluding hydrogens is 863 g/mol. The molecule has 0 spiro atoms. The minimum Gasteiger partial charge on any atom is -0.466 e. The molecular formula is C64H125NO5. The average molecular weight is 989 g/mol. The number of amides is 1. The second-order valence-electron chi connectivity index (χ2n) is 22.1. The Morgan fingerprint density at radius 1 is 0.386 bits per heavy atom. The third-order valence-corrected chi connectivity index (χ3v) is 15.1. The number of aliphatic hydroxyl groups is 2. The van der Waals surface area contributed by atoms with Crippen LogP contribution in [0.3, 0.4) is 0 Å². The minimum atomic E-state index is -0.659. The molecule has 0 aromatic rings. The van der Waals surface area contributed by atoms with E-state index in [9.17, 15) is 19.8 Å². The number of carbonyl (C=O) groups excluding carboxylic acids is 2. The molecule has 0 aliphatic heterocycles. The smallest absolute Gasteiger partial charge is 0.305 e. The summed E-state index contributed by atoms with van der Waals surface area (Å²) < 4.78 is 5.50. The molecule has 6 heteroatoms. The van der Waals surface area contributed by atoms with Gasteiger partial charge in [0.2, 0.25) is 5.91 Å². The van der Waals surface area contributed by atoms with Crippen molar-refractivity contribution in [2.75, 3.05) is 13.2 Å². The Hall–Kier alpha value is -1.40. The number of nitrogens with one attached hydrogen (secondary N) is 1. The van der Waals surface area contributed by atoms with Gasteiger partial charge in [0.1, 0.15) is 0 Å². The quantitative estimate of drug-likeness (QED) is 0.0321. The van der Waals surface area contributed by atoms with E-state index in [1.807, 2.05) is 0 Å². The van der Waals surface area contributed by atoms with Crippen LogP contribution in [0.1, 0.15) is 361 Å². The van der Waals surface area contributed by atoms with Crippen molar-refractivity contribution in [1.82, 2.24) is 5.32 Å². The Morgan fingerprint density at radius 3 is 1.01 bits per heavy atom. The van der Waals surface area contributed by atoms with Gasteiger partial charge < -0.3 is 20.3 Å². The van der Waals surface area contributed by atoms with E-state index >= 15 is 0 Å². The monoisotopic (exact) mass is 988 g/mol. The van der Waals surface area contributed by atoms with Crippen LogP contribution < -0.4 is 5.32 Å². The van der Waals surface area contributed by atoms with E-state index in [1.54, 1.807) is 0 Å². The Labute approximate surface area is 438 Å². The molecule has 416 valence electrons. The first-order valence-corrected chi connectivity index (χ1v) is 31.9. The van der Waals surface area contributed by atoms with Crippen molar-refractivity contribution in [3.05, 3.63) is 12.2 Å². The highest BCUT2D eigenvalue weighted by Crippen LogP contribution is 2.18. The molecule has 2 atom stereocenters. The topological polar surface area (TPSA) is 95.9 Å². The number of esters is 1. The summed E-state index contributed by atoms with van der Waals surface area (Å²) in [4.78, 5) is 24.5. The van der Waals surface area contributed by atoms with Gasteiger partial charge in [-0.2, -0.15) is 0 Å². The van der Waals surface area contributed by atoms with Crippen molar-refractivity contribution < 1.29 is 24.5 Å². The standard InChI is InChI=1S/C64H125NO5/c1-3-5-7-9-11-13-14-15-16-17-29-32-35-38-42-46-50-54-58-64(69)70-59-55-51-47-43-39-36-33-30-27-25-23-21-19-18-20-22-24-26-28-31-34-37-41-45-49-53-57-63(68)65-61(60-66)62(67)56-52-48-44-40-12-10-8-6-4-2/h16-17,61-62,66-67H,3-15,18-60H2,1-2H3,(H,65,68)/b17-16-. The first-order valence-electron chi connectivity index (χ1n) is 31.9. The van der Waals surface area contributed by atoms with Crippen LogP contribution in [0.5, 0.6) is 0 Å². The van der Waals surface area contributed by atoms with Crippen molar-refractivity contribution in [3.63, 3.8) is 0 Å². The maximum atomic E-state index is 12.4. The third kappa shape index (κ3) is 55.9. The van der Waals surface area contributed by atoms with Gasteiger partial charge in [-0.15, -0.1) is 0 Å². The molecule has 2 unspecified atom stereocenters. The van der Waals surface area contributed by atoms with Gasteiger partial charge >= 0.3 is 5.97 Å². The third-order valence-electron chi connectivity index (χ3n) is 15.1. The summed E-state index contributed by atoms with van der Waals surface area (Å²) in [6.07, 6.45) is 72.5. The molecule has 0 aliphatic carbocycles. The minimum absolute atomic E-state index is 0.0149. The lowest BCUT2D eigenvalue weighted by Gasteiger charge is -2.22. The SMILES string of the molecule is CCCCCCCCC/C=C\CCCCCCCCCC(=O)OCCCCCCCCCCCCCCCCCCCCCCCCCCCCC(=O)NC(CO)C(O)CCCCCCCCCCC. The van der Waals surface area contributed by atoms with Crippen molar-refractivity contribution in [2.24, 2.45) is 0 Å². The van der Waals surface area contributed by atoms with Gasteiger partial charge in [0.15, 0.2) is 0 Å². The Kier molecular flexibility index (Phi) is 59.0. The number of hydrogen-bond donors (Lipinski definition) is 3. The Bertz CT molecular complexity index is 1050. The molecule has 70 heavy (non-hydrogen) atoms. The lowest BCUT2D eigenvalue weighted by atomic mass is 10.0. The summed E-state index contributed by atoms with van der Waals surface area (Å²) in [6, 6.07) is -0.537. The maximum absolute atomic E-state index is 12.4. The zero-order valence-corrected chi connectivity index (χ0v) is 47.5. The highest BCUT2D eigenvalue weighted by atomic mass is 16.5. The second kappa shape index (κ2) is 60.2. The summed E-state index contributed by atoms with van der Waals surface area (Å²) in [7, 11) is 0. The van der Waals surface area contributed by atoms with E-state index in [1.165, 1.54) is 283 Å². The highest BCUT2D eigenvalue weighted by Gasteiger charge is 2.20. The predicted molar refractivity (Wildman–Crippen MR) is 306 cm³/mol. The fourth-order valence-corrected chi connectivity index (χ4v) is 10.2. The Morgan fingerprint density at radius 2 is 0.671 bits per heavy atom. The molecule has 0 aliphatic rings. The lowest BCUT2D eigenvalue weighted by molar-refractivity contribution is -0.143. The fraction of sp³-hybridized carbons (Fsp3) is 0.938. The van der Waals surface area contributed by atoms with Gasteiger partial charge in [-0.1, -0.05) is 309 Å². The number of carbonyl (C=O) groups is 2. The summed E-state index contributed by atoms with van der Waals surface area (Å²) in [5, 5.41) is 23.1. The summed E-state index contributed by atoms with van der Waals surface area (Å²) in [5.41, 5.74) is 0. The summed E-state index contributed by atoms with van der Waals surface area (Å²) >= 11 is 0. The average Bonchev–Trinajstić information content (AvgIpc) is 3.36. The second-order valence-corrected chi connectivity index (χ2v) is 22.1. The molecule has 0 bridgehead atoms. The first-order chi connectivity index (χ1) is 34.5. The van der Waals surface area contributed by atoms with Crippen LogP contribution in [-0.4, -0.2) is 47.4 Å². The van der Waals surface area contributed by atoms with E-state index in [2.05, 4.69) is 31.3 Å². The van der Waals surface area contributed by atoms with E-state index in [4.69, 9.17) is 4.74 Å². The van der Waals surface area contributed by atoms with Gasteiger partial charge in [-0.05, 0) is 51.4 Å². The van der Waals surface area contributed by atoms with Crippen LogP contribution in [0.4, 0.5) is 0 Å². The molecule has 3 N–H and O–H groups in total. The van der Waals surface area contributed by atoms with Gasteiger partial charge in [0.25, 0.3) is 0 Å². The highest BCUT2D eigenvalue weighted by molar-refractivity contribution is 5.76. The van der Waals surface area contributed by atoms with E-state index in [-0.39, 0.29) is 18.5 Å². The first kappa shape index (κ1) is 68.6. The number of rotatable bonds is 60. The Balaban J connectivity index is 3.30. The summed E-state index contributed by atoms with van der Waals surface area (Å²) in [5.74, 6) is -0.0187. The van der Waals surface area contributed by atoms with Crippen molar-refractivity contribution in [1.29, 1.82) is 0 Å². The van der Waals surface area contributed by atoms with Gasteiger partial charge in [-0.3, -0.25) is 9.59 Å². The number of hydrogen-bond acceptors (Lipinski definition) is 5. The fourth-order valence-electron chi connectivity index (χ4n) is 10.2. The molecule has 0 aromatic heterocycles. The summed E-state index contributed by atoms with van der Waals surface area (Å²) in [6.45, 7) is 4.95. The van der Waals surface area contributed by atoms with Crippen molar-refractivity contribution >= 4 is 11.9 Å². The van der Waals surface area contributed by atoms with Crippen molar-refractivity contribution in [3.8, 4) is 0 Å². The molecule has 0 saturated heterocycles. The number of aliphatic hydroxyl groups excluding tert-OH is 2. The predicted octanol–water partition coefficient (Wildman–Crippen LogP) is 20.0. The van der Waals surface area contributed by atoms with Crippen LogP contribution in [0.15, 0.2) is 12.2 Å². The van der Waals surface area contributed by atoms with Crippen molar-refractivity contribution in [2.45, 2.75) is 373 Å². The largest absolute Gasteiger partial charge is 0.466 e. The molecule has 0 heterocycles. The molecule has 6 nitrogen and oxygen atoms in total. The maximum Gasteiger partial charge on any atom is 0.305 e. The van der Waals surface area contributed by atoms with Crippen LogP contribution in [-0.2, 0) is 14.3 Å². The van der Waals surface area contributed by atoms with Gasteiger partial charge in [-0.25, -0.2) is 0 Å². The lowest BCUT2D eigenvalue weighted by Crippen LogP contribution is -2.45. The molecule has 0 fully saturated rings. The van der Waals surface area contributed by atoms with E-state index in [0.29, 0.717) is 25.9 Å². The van der Waals surface area contributed by atoms with Crippen LogP contribution >= 0.6 is 0 Å². The molecule has 0 aromatic carbocycles. The molecule has 0 saturated carbocycles. The molecule has 1 amide bonds. The number of allylic oxidation sites excluding steroid dienone is 2. The van der Waals surface area contributed by atoms with Gasteiger partial charge in [0.05, 0.1) is 25.4 Å². The molecule has 0 rings (SSSR count). The van der Waals surface area contributed by atoms with E-state index < -0.39 is 12.1 Å². The molecule has 0 radical (unpaired) electrons. The zero-order chi connectivity index (χ0) is 50.7. The van der Waals surface area contributed by atoms with Crippen LogP contribution in [0.2, 0.25) is 0 Å². The zero-order valence-electron chi connectivity index (χ0n) is 47.5. The normalized spacial score (nSPS) is 12.6. The van der Waals surface area contributed by atoms with Crippen LogP contribution in [0.25, 0.3) is 0 Å². The number of ether oxygens (including phenoxy) is 1. The number of unbranched alkanes of at least 4 members (excludes halogenated alkanes) is 47. The van der Waals surface area contributed by atoms with Gasteiger partial charge in [0, 0.05) is 12.8 Å². The van der Waals surface area contributed by atoms with E-state index in [0.717, 1.165) is 44.9 Å².